The van der Waals surface area contributed by atoms with E-state index in [9.17, 15) is 14.4 Å². The summed E-state index contributed by atoms with van der Waals surface area (Å²) in [5, 5.41) is 0.559. The van der Waals surface area contributed by atoms with Gasteiger partial charge in [0.2, 0.25) is 5.91 Å². The molecule has 2 N–H and O–H groups in total. The van der Waals surface area contributed by atoms with Gasteiger partial charge in [-0.3, -0.25) is 20.4 Å². The first-order chi connectivity index (χ1) is 12.5. The Morgan fingerprint density at radius 3 is 2.50 bits per heavy atom. The lowest BCUT2D eigenvalue weighted by atomic mass is 10.0. The minimum absolute atomic E-state index is 0.0962. The second-order valence-electron chi connectivity index (χ2n) is 5.52. The Hall–Kier alpha value is -3.06. The summed E-state index contributed by atoms with van der Waals surface area (Å²) < 4.78 is 10.4. The molecule has 1 aliphatic rings. The number of hydrogen-bond acceptors (Lipinski definition) is 5. The number of rotatable bonds is 5. The van der Waals surface area contributed by atoms with Gasteiger partial charge in [0.05, 0.1) is 12.0 Å². The standard InChI is InChI=1S/C18H15ClN2O5/c19-11-5-7-12(8-6-11)25-10-17(23)21-20-16(22)9-15-13-3-1-2-4-14(13)18(24)26-15/h1-8,15H,9-10H2,(H,20,22)(H,21,23)/t15-/m1/s1. The Balaban J connectivity index is 1.43. The van der Waals surface area contributed by atoms with Crippen LogP contribution in [0.4, 0.5) is 0 Å². The molecule has 1 aliphatic heterocycles. The Labute approximate surface area is 154 Å². The van der Waals surface area contributed by atoms with E-state index in [-0.39, 0.29) is 13.0 Å². The van der Waals surface area contributed by atoms with Gasteiger partial charge in [-0.15, -0.1) is 0 Å². The van der Waals surface area contributed by atoms with Crippen LogP contribution in [0.3, 0.4) is 0 Å². The number of nitrogens with one attached hydrogen (secondary N) is 2. The minimum Gasteiger partial charge on any atom is -0.484 e. The predicted molar refractivity (Wildman–Crippen MR) is 92.4 cm³/mol. The molecule has 3 rings (SSSR count). The molecule has 0 fully saturated rings. The van der Waals surface area contributed by atoms with Crippen LogP contribution in [0.2, 0.25) is 5.02 Å². The summed E-state index contributed by atoms with van der Waals surface area (Å²) in [7, 11) is 0. The van der Waals surface area contributed by atoms with Crippen LogP contribution < -0.4 is 15.6 Å². The van der Waals surface area contributed by atoms with Crippen molar-refractivity contribution in [2.75, 3.05) is 6.61 Å². The van der Waals surface area contributed by atoms with Gasteiger partial charge < -0.3 is 9.47 Å². The number of ether oxygens (including phenoxy) is 2. The van der Waals surface area contributed by atoms with Crippen LogP contribution in [0, 0.1) is 0 Å². The summed E-state index contributed by atoms with van der Waals surface area (Å²) in [6, 6.07) is 13.4. The largest absolute Gasteiger partial charge is 0.484 e. The zero-order chi connectivity index (χ0) is 18.5. The van der Waals surface area contributed by atoms with Crippen LogP contribution in [0.5, 0.6) is 5.75 Å². The number of fused-ring (bicyclic) bond motifs is 1. The molecule has 26 heavy (non-hydrogen) atoms. The molecule has 1 atom stereocenters. The van der Waals surface area contributed by atoms with Gasteiger partial charge in [-0.25, -0.2) is 4.79 Å². The van der Waals surface area contributed by atoms with Gasteiger partial charge in [-0.1, -0.05) is 29.8 Å². The Bertz CT molecular complexity index is 838. The van der Waals surface area contributed by atoms with Crippen molar-refractivity contribution >= 4 is 29.4 Å². The SMILES string of the molecule is O=C(COc1ccc(Cl)cc1)NNC(=O)C[C@H]1OC(=O)c2ccccc21. The molecule has 7 nitrogen and oxygen atoms in total. The number of amides is 2. The Morgan fingerprint density at radius 1 is 1.04 bits per heavy atom. The van der Waals surface area contributed by atoms with Gasteiger partial charge in [0.1, 0.15) is 11.9 Å². The lowest BCUT2D eigenvalue weighted by Gasteiger charge is -2.12. The average Bonchev–Trinajstić information content (AvgIpc) is 2.95. The topological polar surface area (TPSA) is 93.7 Å². The van der Waals surface area contributed by atoms with Gasteiger partial charge in [-0.05, 0) is 30.3 Å². The number of benzene rings is 2. The quantitative estimate of drug-likeness (QED) is 0.618. The fraction of sp³-hybridized carbons (Fsp3) is 0.167. The van der Waals surface area contributed by atoms with Gasteiger partial charge in [-0.2, -0.15) is 0 Å². The number of carbonyl (C=O) groups excluding carboxylic acids is 3. The zero-order valence-electron chi connectivity index (χ0n) is 13.5. The molecule has 0 saturated heterocycles. The van der Waals surface area contributed by atoms with Crippen LogP contribution in [0.25, 0.3) is 0 Å². The van der Waals surface area contributed by atoms with Crippen molar-refractivity contribution in [1.82, 2.24) is 10.9 Å². The molecule has 0 unspecified atom stereocenters. The van der Waals surface area contributed by atoms with Crippen molar-refractivity contribution < 1.29 is 23.9 Å². The second-order valence-corrected chi connectivity index (χ2v) is 5.96. The van der Waals surface area contributed by atoms with Crippen molar-refractivity contribution in [1.29, 1.82) is 0 Å². The number of cyclic esters (lactones) is 1. The maximum absolute atomic E-state index is 12.0. The van der Waals surface area contributed by atoms with E-state index < -0.39 is 23.9 Å². The number of esters is 1. The number of hydrogen-bond donors (Lipinski definition) is 2. The van der Waals surface area contributed by atoms with E-state index in [2.05, 4.69) is 10.9 Å². The van der Waals surface area contributed by atoms with E-state index >= 15 is 0 Å². The van der Waals surface area contributed by atoms with E-state index in [0.29, 0.717) is 21.9 Å². The third-order valence-corrected chi connectivity index (χ3v) is 3.92. The lowest BCUT2D eigenvalue weighted by Crippen LogP contribution is -2.44. The molecular weight excluding hydrogens is 360 g/mol. The van der Waals surface area contributed by atoms with Gasteiger partial charge in [0, 0.05) is 10.6 Å². The average molecular weight is 375 g/mol. The fourth-order valence-corrected chi connectivity index (χ4v) is 2.57. The highest BCUT2D eigenvalue weighted by molar-refractivity contribution is 6.30. The molecule has 134 valence electrons. The molecular formula is C18H15ClN2O5. The van der Waals surface area contributed by atoms with Crippen LogP contribution in [-0.4, -0.2) is 24.4 Å². The molecule has 0 aliphatic carbocycles. The highest BCUT2D eigenvalue weighted by Crippen LogP contribution is 2.32. The van der Waals surface area contributed by atoms with Gasteiger partial charge in [0.15, 0.2) is 6.61 Å². The molecule has 2 aromatic rings. The normalized spacial score (nSPS) is 15.0. The molecule has 8 heteroatoms. The number of halogens is 1. The minimum atomic E-state index is -0.666. The summed E-state index contributed by atoms with van der Waals surface area (Å²) in [4.78, 5) is 35.4. The molecule has 0 bridgehead atoms. The first-order valence-electron chi connectivity index (χ1n) is 7.79. The Morgan fingerprint density at radius 2 is 1.73 bits per heavy atom. The van der Waals surface area contributed by atoms with Crippen molar-refractivity contribution in [3.63, 3.8) is 0 Å². The summed E-state index contributed by atoms with van der Waals surface area (Å²) >= 11 is 5.76. The molecule has 1 heterocycles. The molecule has 2 aromatic carbocycles. The molecule has 0 spiro atoms. The smallest absolute Gasteiger partial charge is 0.339 e. The predicted octanol–water partition coefficient (Wildman–Crippen LogP) is 2.17. The first kappa shape index (κ1) is 17.8. The number of hydrazine groups is 1. The van der Waals surface area contributed by atoms with E-state index in [0.717, 1.165) is 0 Å². The molecule has 0 saturated carbocycles. The monoisotopic (exact) mass is 374 g/mol. The third-order valence-electron chi connectivity index (χ3n) is 3.67. The van der Waals surface area contributed by atoms with Crippen molar-refractivity contribution in [3.8, 4) is 5.75 Å². The highest BCUT2D eigenvalue weighted by Gasteiger charge is 2.32. The van der Waals surface area contributed by atoms with Gasteiger partial charge >= 0.3 is 5.97 Å². The van der Waals surface area contributed by atoms with Crippen molar-refractivity contribution in [3.05, 3.63) is 64.7 Å². The fourth-order valence-electron chi connectivity index (χ4n) is 2.45. The summed E-state index contributed by atoms with van der Waals surface area (Å²) in [6.45, 7) is -0.275. The van der Waals surface area contributed by atoms with Crippen LogP contribution >= 0.6 is 11.6 Å². The highest BCUT2D eigenvalue weighted by atomic mass is 35.5. The van der Waals surface area contributed by atoms with Crippen LogP contribution in [0.1, 0.15) is 28.4 Å². The Kier molecular flexibility index (Phi) is 5.38. The molecule has 2 amide bonds. The summed E-state index contributed by atoms with van der Waals surface area (Å²) in [6.07, 6.45) is -0.762. The van der Waals surface area contributed by atoms with Crippen LogP contribution in [-0.2, 0) is 14.3 Å². The lowest BCUT2D eigenvalue weighted by molar-refractivity contribution is -0.131. The zero-order valence-corrected chi connectivity index (χ0v) is 14.3. The van der Waals surface area contributed by atoms with Gasteiger partial charge in [0.25, 0.3) is 5.91 Å². The van der Waals surface area contributed by atoms with E-state index in [1.165, 1.54) is 0 Å². The van der Waals surface area contributed by atoms with E-state index in [1.807, 2.05) is 0 Å². The van der Waals surface area contributed by atoms with Crippen molar-refractivity contribution in [2.24, 2.45) is 0 Å². The summed E-state index contributed by atoms with van der Waals surface area (Å²) in [5.41, 5.74) is 5.62. The van der Waals surface area contributed by atoms with Crippen molar-refractivity contribution in [2.45, 2.75) is 12.5 Å². The number of carbonyl (C=O) groups is 3. The third kappa shape index (κ3) is 4.31. The molecule has 0 aromatic heterocycles. The van der Waals surface area contributed by atoms with E-state index in [1.54, 1.807) is 48.5 Å². The molecule has 0 radical (unpaired) electrons. The van der Waals surface area contributed by atoms with Crippen LogP contribution in [0.15, 0.2) is 48.5 Å². The maximum Gasteiger partial charge on any atom is 0.339 e. The second kappa shape index (κ2) is 7.88. The van der Waals surface area contributed by atoms with E-state index in [4.69, 9.17) is 21.1 Å². The maximum atomic E-state index is 12.0. The first-order valence-corrected chi connectivity index (χ1v) is 8.16. The summed E-state index contributed by atoms with van der Waals surface area (Å²) in [5.74, 6) is -0.999.